The second-order valence-corrected chi connectivity index (χ2v) is 7.51. The quantitative estimate of drug-likeness (QED) is 0.613. The van der Waals surface area contributed by atoms with Gasteiger partial charge in [0.05, 0.1) is 0 Å². The van der Waals surface area contributed by atoms with Crippen LogP contribution in [0.25, 0.3) is 11.6 Å². The van der Waals surface area contributed by atoms with Gasteiger partial charge in [-0.15, -0.1) is 0 Å². The molecule has 3 rings (SSSR count). The number of nitrogens with zero attached hydrogens (tertiary/aromatic N) is 2. The molecule has 1 aliphatic rings. The highest BCUT2D eigenvalue weighted by Crippen LogP contribution is 2.27. The number of pyridine rings is 1. The summed E-state index contributed by atoms with van der Waals surface area (Å²) in [5.41, 5.74) is 7.14. The second-order valence-electron chi connectivity index (χ2n) is 7.51. The van der Waals surface area contributed by atoms with Crippen molar-refractivity contribution in [2.24, 2.45) is 0 Å². The lowest BCUT2D eigenvalue weighted by Crippen LogP contribution is -2.23. The van der Waals surface area contributed by atoms with Crippen LogP contribution in [0, 0.1) is 6.92 Å². The molecule has 0 fully saturated rings. The maximum Gasteiger partial charge on any atom is 0.162 e. The lowest BCUT2D eigenvalue weighted by molar-refractivity contribution is 0.0988. The highest BCUT2D eigenvalue weighted by molar-refractivity contribution is 5.95. The molecule has 0 radical (unpaired) electrons. The van der Waals surface area contributed by atoms with Crippen LogP contribution in [0.2, 0.25) is 0 Å². The van der Waals surface area contributed by atoms with Crippen molar-refractivity contribution in [1.29, 1.82) is 0 Å². The molecule has 146 valence electrons. The molecule has 0 N–H and O–H groups in total. The Morgan fingerprint density at radius 3 is 2.68 bits per heavy atom. The highest BCUT2D eigenvalue weighted by Gasteiger charge is 2.13. The minimum Gasteiger partial charge on any atom is -0.302 e. The van der Waals surface area contributed by atoms with E-state index in [1.807, 2.05) is 25.3 Å². The molecule has 0 saturated carbocycles. The Balaban J connectivity index is 1.67. The largest absolute Gasteiger partial charge is 0.302 e. The van der Waals surface area contributed by atoms with Crippen molar-refractivity contribution in [2.45, 2.75) is 39.5 Å². The molecule has 2 heterocycles. The van der Waals surface area contributed by atoms with Gasteiger partial charge in [-0.1, -0.05) is 49.4 Å². The van der Waals surface area contributed by atoms with E-state index in [9.17, 15) is 4.79 Å². The van der Waals surface area contributed by atoms with Gasteiger partial charge >= 0.3 is 0 Å². The fourth-order valence-corrected chi connectivity index (χ4v) is 3.60. The zero-order valence-electron chi connectivity index (χ0n) is 17.2. The molecule has 0 unspecified atom stereocenters. The van der Waals surface area contributed by atoms with Crippen LogP contribution in [0.15, 0.2) is 48.7 Å². The van der Waals surface area contributed by atoms with Gasteiger partial charge in [-0.2, -0.15) is 0 Å². The van der Waals surface area contributed by atoms with Crippen molar-refractivity contribution in [1.82, 2.24) is 9.88 Å². The van der Waals surface area contributed by atoms with E-state index < -0.39 is 0 Å². The van der Waals surface area contributed by atoms with Gasteiger partial charge < -0.3 is 4.90 Å². The van der Waals surface area contributed by atoms with E-state index >= 15 is 0 Å². The van der Waals surface area contributed by atoms with Crippen LogP contribution in [-0.2, 0) is 6.42 Å². The van der Waals surface area contributed by atoms with Crippen molar-refractivity contribution in [2.75, 3.05) is 20.1 Å². The van der Waals surface area contributed by atoms with Crippen LogP contribution in [0.5, 0.6) is 0 Å². The molecular weight excluding hydrogens is 344 g/mol. The number of rotatable bonds is 7. The molecule has 1 aliphatic heterocycles. The van der Waals surface area contributed by atoms with Gasteiger partial charge in [0.15, 0.2) is 5.78 Å². The van der Waals surface area contributed by atoms with Gasteiger partial charge in [0.25, 0.3) is 0 Å². The van der Waals surface area contributed by atoms with Crippen LogP contribution in [0.3, 0.4) is 0 Å². The number of Topliss-reactive ketones (excluding diaryl/α,β-unsaturated/α-hetero) is 1. The van der Waals surface area contributed by atoms with E-state index in [-0.39, 0.29) is 5.78 Å². The molecule has 1 aromatic heterocycles. The normalized spacial score (nSPS) is 15.0. The Morgan fingerprint density at radius 1 is 1.21 bits per heavy atom. The molecule has 0 saturated heterocycles. The van der Waals surface area contributed by atoms with E-state index in [1.54, 1.807) is 0 Å². The average molecular weight is 375 g/mol. The van der Waals surface area contributed by atoms with Gasteiger partial charge in [0, 0.05) is 42.5 Å². The van der Waals surface area contributed by atoms with Gasteiger partial charge in [-0.25, -0.2) is 0 Å². The zero-order valence-corrected chi connectivity index (χ0v) is 17.2. The SMILES string of the molecule is CCC(=O)c1ccc(CC/C=C\c2c(C3=CCN(C)CC3)ccnc2C)cc1. The summed E-state index contributed by atoms with van der Waals surface area (Å²) in [6.07, 6.45) is 12.3. The summed E-state index contributed by atoms with van der Waals surface area (Å²) < 4.78 is 0. The fourth-order valence-electron chi connectivity index (χ4n) is 3.60. The first-order chi connectivity index (χ1) is 13.6. The molecule has 0 atom stereocenters. The lowest BCUT2D eigenvalue weighted by atomic mass is 9.94. The Kier molecular flexibility index (Phi) is 6.94. The monoisotopic (exact) mass is 374 g/mol. The van der Waals surface area contributed by atoms with E-state index in [2.05, 4.69) is 60.3 Å². The molecule has 3 heteroatoms. The van der Waals surface area contributed by atoms with Crippen molar-refractivity contribution in [3.8, 4) is 0 Å². The van der Waals surface area contributed by atoms with Gasteiger partial charge in [0.2, 0.25) is 0 Å². The first-order valence-electron chi connectivity index (χ1n) is 10.2. The van der Waals surface area contributed by atoms with Crippen LogP contribution in [0.4, 0.5) is 0 Å². The van der Waals surface area contributed by atoms with Crippen LogP contribution in [0.1, 0.15) is 58.9 Å². The molecule has 0 aliphatic carbocycles. The number of aromatic nitrogens is 1. The molecule has 3 nitrogen and oxygen atoms in total. The molecular formula is C25H30N2O. The summed E-state index contributed by atoms with van der Waals surface area (Å²) in [5, 5.41) is 0. The summed E-state index contributed by atoms with van der Waals surface area (Å²) in [4.78, 5) is 18.6. The summed E-state index contributed by atoms with van der Waals surface area (Å²) in [6, 6.07) is 10.2. The fraction of sp³-hybridized carbons (Fsp3) is 0.360. The summed E-state index contributed by atoms with van der Waals surface area (Å²) in [6.45, 7) is 6.10. The third-order valence-electron chi connectivity index (χ3n) is 5.43. The number of carbonyl (C=O) groups excluding carboxylic acids is 1. The molecule has 1 aromatic carbocycles. The molecule has 0 amide bonds. The minimum absolute atomic E-state index is 0.203. The standard InChI is InChI=1S/C25H30N2O/c1-4-25(28)22-11-9-20(10-12-22)7-5-6-8-23-19(2)26-16-13-24(23)21-14-17-27(3)18-15-21/h6,8-14,16H,4-5,7,15,17-18H2,1-3H3/b8-6-. The Hall–Kier alpha value is -2.52. The van der Waals surface area contributed by atoms with Crippen LogP contribution in [-0.4, -0.2) is 35.8 Å². The smallest absolute Gasteiger partial charge is 0.162 e. The maximum absolute atomic E-state index is 11.7. The third-order valence-corrected chi connectivity index (χ3v) is 5.43. The number of allylic oxidation sites excluding steroid dienone is 1. The number of carbonyl (C=O) groups is 1. The van der Waals surface area contributed by atoms with E-state index in [4.69, 9.17) is 0 Å². The number of hydrogen-bond donors (Lipinski definition) is 0. The number of hydrogen-bond acceptors (Lipinski definition) is 3. The number of benzene rings is 1. The number of aryl methyl sites for hydroxylation is 2. The molecule has 28 heavy (non-hydrogen) atoms. The van der Waals surface area contributed by atoms with E-state index in [0.29, 0.717) is 6.42 Å². The minimum atomic E-state index is 0.203. The second kappa shape index (κ2) is 9.61. The summed E-state index contributed by atoms with van der Waals surface area (Å²) >= 11 is 0. The maximum atomic E-state index is 11.7. The van der Waals surface area contributed by atoms with Crippen molar-refractivity contribution < 1.29 is 4.79 Å². The number of likely N-dealkylation sites (N-methyl/N-ethyl adjacent to an activating group) is 1. The topological polar surface area (TPSA) is 33.2 Å². The first-order valence-corrected chi connectivity index (χ1v) is 10.2. The van der Waals surface area contributed by atoms with Crippen LogP contribution >= 0.6 is 0 Å². The Morgan fingerprint density at radius 2 is 2.00 bits per heavy atom. The van der Waals surface area contributed by atoms with Gasteiger partial charge in [-0.3, -0.25) is 9.78 Å². The Bertz CT molecular complexity index is 878. The van der Waals surface area contributed by atoms with Crippen molar-refractivity contribution in [3.05, 3.63) is 76.6 Å². The van der Waals surface area contributed by atoms with Crippen molar-refractivity contribution in [3.63, 3.8) is 0 Å². The average Bonchev–Trinajstić information content (AvgIpc) is 2.72. The molecule has 0 spiro atoms. The highest BCUT2D eigenvalue weighted by atomic mass is 16.1. The molecule has 2 aromatic rings. The predicted octanol–water partition coefficient (Wildman–Crippen LogP) is 5.35. The van der Waals surface area contributed by atoms with E-state index in [0.717, 1.165) is 43.6 Å². The first kappa shape index (κ1) is 20.2. The van der Waals surface area contributed by atoms with Crippen LogP contribution < -0.4 is 0 Å². The number of ketones is 1. The van der Waals surface area contributed by atoms with Crippen molar-refractivity contribution >= 4 is 17.4 Å². The zero-order chi connectivity index (χ0) is 19.9. The summed E-state index contributed by atoms with van der Waals surface area (Å²) in [5.74, 6) is 0.203. The Labute approximate surface area is 168 Å². The van der Waals surface area contributed by atoms with Gasteiger partial charge in [-0.05, 0) is 56.0 Å². The predicted molar refractivity (Wildman–Crippen MR) is 117 cm³/mol. The summed E-state index contributed by atoms with van der Waals surface area (Å²) in [7, 11) is 2.16. The molecule has 0 bridgehead atoms. The van der Waals surface area contributed by atoms with E-state index in [1.165, 1.54) is 22.3 Å². The van der Waals surface area contributed by atoms with Gasteiger partial charge in [0.1, 0.15) is 0 Å². The lowest BCUT2D eigenvalue weighted by Gasteiger charge is -2.23. The third kappa shape index (κ3) is 5.05.